The highest BCUT2D eigenvalue weighted by atomic mass is 16.5. The zero-order valence-electron chi connectivity index (χ0n) is 10.2. The minimum Gasteiger partial charge on any atom is -0.497 e. The summed E-state index contributed by atoms with van der Waals surface area (Å²) >= 11 is 0. The molecule has 0 bridgehead atoms. The fourth-order valence-corrected chi connectivity index (χ4v) is 2.96. The van der Waals surface area contributed by atoms with Crippen molar-refractivity contribution < 1.29 is 4.74 Å². The average Bonchev–Trinajstić information content (AvgIpc) is 3.10. The first-order valence-corrected chi connectivity index (χ1v) is 6.48. The summed E-state index contributed by atoms with van der Waals surface area (Å²) < 4.78 is 5.13. The van der Waals surface area contributed by atoms with E-state index >= 15 is 0 Å². The maximum Gasteiger partial charge on any atom is 0.311 e. The van der Waals surface area contributed by atoms with Crippen molar-refractivity contribution >= 4 is 0 Å². The molecule has 0 N–H and O–H groups in total. The van der Waals surface area contributed by atoms with E-state index in [4.69, 9.17) is 4.74 Å². The molecule has 2 saturated carbocycles. The predicted octanol–water partition coefficient (Wildman–Crippen LogP) is 3.56. The number of nitrogens with zero attached hydrogens (tertiary/aromatic N) is 1. The Morgan fingerprint density at radius 2 is 1.76 bits per heavy atom. The normalized spacial score (nSPS) is 29.8. The molecule has 3 rings (SSSR count). The molecule has 2 unspecified atom stereocenters. The third kappa shape index (κ3) is 2.15. The van der Waals surface area contributed by atoms with Gasteiger partial charge in [-0.2, -0.15) is 0 Å². The number of hydrogen-bond donors (Lipinski definition) is 0. The molecule has 0 radical (unpaired) electrons. The second-order valence-electron chi connectivity index (χ2n) is 5.07. The van der Waals surface area contributed by atoms with Gasteiger partial charge in [-0.25, -0.2) is 0 Å². The van der Waals surface area contributed by atoms with E-state index in [9.17, 15) is 0 Å². The number of rotatable bonds is 1. The maximum absolute atomic E-state index is 5.13. The molecular weight excluding hydrogens is 210 g/mol. The molecule has 2 fully saturated rings. The molecule has 2 heteroatoms. The zero-order chi connectivity index (χ0) is 11.7. The van der Waals surface area contributed by atoms with Crippen LogP contribution in [-0.4, -0.2) is 13.2 Å². The standard InChI is InChI=1S/C15H18NO/c1-17-12-8-6-11(7-9-12)10-16-15-13-4-2-3-5-14(13)15/h6-9,13-15H,2-5H2,1H3/q+1. The average molecular weight is 228 g/mol. The summed E-state index contributed by atoms with van der Waals surface area (Å²) in [4.78, 5) is 4.62. The molecule has 0 amide bonds. The van der Waals surface area contributed by atoms with E-state index in [0.717, 1.165) is 23.1 Å². The fourth-order valence-electron chi connectivity index (χ4n) is 2.96. The van der Waals surface area contributed by atoms with E-state index in [1.54, 1.807) is 7.11 Å². The van der Waals surface area contributed by atoms with Crippen molar-refractivity contribution in [2.24, 2.45) is 11.8 Å². The predicted molar refractivity (Wildman–Crippen MR) is 68.6 cm³/mol. The van der Waals surface area contributed by atoms with Gasteiger partial charge in [-0.1, -0.05) is 17.7 Å². The summed E-state index contributed by atoms with van der Waals surface area (Å²) in [5.74, 6) is 2.62. The first-order chi connectivity index (χ1) is 8.38. The molecule has 0 aliphatic heterocycles. The van der Waals surface area contributed by atoms with Gasteiger partial charge in [0.2, 0.25) is 0 Å². The molecule has 2 nitrogen and oxygen atoms in total. The molecule has 0 aromatic heterocycles. The largest absolute Gasteiger partial charge is 0.497 e. The van der Waals surface area contributed by atoms with Crippen molar-refractivity contribution in [3.05, 3.63) is 34.7 Å². The topological polar surface area (TPSA) is 13.6 Å². The number of ether oxygens (including phenoxy) is 1. The molecule has 1 aromatic carbocycles. The van der Waals surface area contributed by atoms with Crippen LogP contribution in [0.3, 0.4) is 0 Å². The Bertz CT molecular complexity index is 442. The van der Waals surface area contributed by atoms with Gasteiger partial charge in [0.25, 0.3) is 6.04 Å². The van der Waals surface area contributed by atoms with Gasteiger partial charge in [0.05, 0.1) is 7.11 Å². The van der Waals surface area contributed by atoms with Crippen molar-refractivity contribution in [2.75, 3.05) is 7.11 Å². The summed E-state index contributed by atoms with van der Waals surface area (Å²) in [6, 6.07) is 11.7. The van der Waals surface area contributed by atoms with Crippen LogP contribution in [0.25, 0.3) is 4.85 Å². The van der Waals surface area contributed by atoms with Crippen LogP contribution in [-0.2, 0) is 0 Å². The lowest BCUT2D eigenvalue weighted by atomic mass is 10.0. The SMILES string of the molecule is COc1ccc(C#[N+]C2C3CCCCC32)cc1. The van der Waals surface area contributed by atoms with Gasteiger partial charge in [-0.15, -0.1) is 0 Å². The smallest absolute Gasteiger partial charge is 0.311 e. The van der Waals surface area contributed by atoms with Crippen LogP contribution >= 0.6 is 0 Å². The highest BCUT2D eigenvalue weighted by Gasteiger charge is 2.60. The van der Waals surface area contributed by atoms with Crippen LogP contribution in [0.5, 0.6) is 5.75 Å². The Labute approximate surface area is 102 Å². The maximum atomic E-state index is 5.13. The van der Waals surface area contributed by atoms with Gasteiger partial charge in [0.1, 0.15) is 11.3 Å². The van der Waals surface area contributed by atoms with Crippen molar-refractivity contribution in [1.82, 2.24) is 0 Å². The van der Waals surface area contributed by atoms with E-state index in [-0.39, 0.29) is 0 Å². The Morgan fingerprint density at radius 3 is 2.35 bits per heavy atom. The second kappa shape index (κ2) is 4.41. The highest BCUT2D eigenvalue weighted by Crippen LogP contribution is 2.51. The molecule has 0 saturated heterocycles. The molecule has 2 aliphatic rings. The van der Waals surface area contributed by atoms with Gasteiger partial charge in [0.15, 0.2) is 0 Å². The van der Waals surface area contributed by atoms with Crippen LogP contribution < -0.4 is 4.74 Å². The van der Waals surface area contributed by atoms with Gasteiger partial charge in [-0.05, 0) is 37.1 Å². The summed E-state index contributed by atoms with van der Waals surface area (Å²) in [5, 5.41) is 0. The Morgan fingerprint density at radius 1 is 1.12 bits per heavy atom. The number of fused-ring (bicyclic) bond motifs is 1. The molecule has 0 heterocycles. The highest BCUT2D eigenvalue weighted by molar-refractivity contribution is 5.37. The molecule has 88 valence electrons. The summed E-state index contributed by atoms with van der Waals surface area (Å²) in [5.41, 5.74) is 1.05. The Kier molecular flexibility index (Phi) is 2.76. The molecule has 0 spiro atoms. The Hall–Kier alpha value is -1.49. The van der Waals surface area contributed by atoms with Crippen LogP contribution in [0.15, 0.2) is 24.3 Å². The number of benzene rings is 1. The van der Waals surface area contributed by atoms with Gasteiger partial charge in [0, 0.05) is 11.8 Å². The van der Waals surface area contributed by atoms with Gasteiger partial charge >= 0.3 is 6.07 Å². The minimum atomic E-state index is 0.569. The molecule has 2 aliphatic carbocycles. The number of methoxy groups -OCH3 is 1. The first-order valence-electron chi connectivity index (χ1n) is 6.48. The van der Waals surface area contributed by atoms with Crippen molar-refractivity contribution in [2.45, 2.75) is 31.7 Å². The monoisotopic (exact) mass is 228 g/mol. The van der Waals surface area contributed by atoms with E-state index < -0.39 is 0 Å². The molecule has 1 aromatic rings. The second-order valence-corrected chi connectivity index (χ2v) is 5.07. The van der Waals surface area contributed by atoms with Gasteiger partial charge in [-0.3, -0.25) is 0 Å². The van der Waals surface area contributed by atoms with Crippen molar-refractivity contribution in [1.29, 1.82) is 0 Å². The fraction of sp³-hybridized carbons (Fsp3) is 0.533. The van der Waals surface area contributed by atoms with E-state index in [1.165, 1.54) is 25.7 Å². The van der Waals surface area contributed by atoms with E-state index in [2.05, 4.69) is 10.9 Å². The van der Waals surface area contributed by atoms with Crippen LogP contribution in [0.4, 0.5) is 0 Å². The van der Waals surface area contributed by atoms with Crippen molar-refractivity contribution in [3.63, 3.8) is 0 Å². The van der Waals surface area contributed by atoms with Crippen LogP contribution in [0.1, 0.15) is 31.2 Å². The summed E-state index contributed by atoms with van der Waals surface area (Å²) in [7, 11) is 1.68. The summed E-state index contributed by atoms with van der Waals surface area (Å²) in [6.07, 6.45) is 5.55. The summed E-state index contributed by atoms with van der Waals surface area (Å²) in [6.45, 7) is 0. The minimum absolute atomic E-state index is 0.569. The lowest BCUT2D eigenvalue weighted by molar-refractivity contribution is 0.415. The first kappa shape index (κ1) is 10.7. The third-order valence-corrected chi connectivity index (χ3v) is 4.04. The molecule has 2 atom stereocenters. The number of hydrogen-bond acceptors (Lipinski definition) is 1. The lowest BCUT2D eigenvalue weighted by Crippen LogP contribution is -1.91. The zero-order valence-corrected chi connectivity index (χ0v) is 10.2. The lowest BCUT2D eigenvalue weighted by Gasteiger charge is -2.02. The molecular formula is C15H18NO+. The van der Waals surface area contributed by atoms with Gasteiger partial charge < -0.3 is 4.74 Å². The van der Waals surface area contributed by atoms with E-state index in [0.29, 0.717) is 6.04 Å². The molecule has 17 heavy (non-hydrogen) atoms. The van der Waals surface area contributed by atoms with Crippen LogP contribution in [0, 0.1) is 17.9 Å². The quantitative estimate of drug-likeness (QED) is 0.716. The van der Waals surface area contributed by atoms with E-state index in [1.807, 2.05) is 24.3 Å². The van der Waals surface area contributed by atoms with Crippen LogP contribution in [0.2, 0.25) is 0 Å². The third-order valence-electron chi connectivity index (χ3n) is 4.04. The van der Waals surface area contributed by atoms with Crippen molar-refractivity contribution in [3.8, 4) is 11.8 Å². The Balaban J connectivity index is 1.67.